The minimum Gasteiger partial charge on any atom is -0.410 e. The molecule has 2 aromatic carbocycles. The molecule has 0 heterocycles. The first-order valence-corrected chi connectivity index (χ1v) is 6.47. The van der Waals surface area contributed by atoms with Gasteiger partial charge in [-0.2, -0.15) is 0 Å². The summed E-state index contributed by atoms with van der Waals surface area (Å²) < 4.78 is 5.43. The lowest BCUT2D eigenvalue weighted by Crippen LogP contribution is -2.21. The minimum atomic E-state index is -0.365. The standard InChI is InChI=1S/C16H17OSi/c1-12-8-4-5-9-13(12)14-10-6-7-11-15(14)16(2,3)17-18/h4-11H,1-3H3. The summed E-state index contributed by atoms with van der Waals surface area (Å²) in [6.07, 6.45) is 0. The number of hydrogen-bond donors (Lipinski definition) is 0. The van der Waals surface area contributed by atoms with Crippen molar-refractivity contribution < 1.29 is 4.43 Å². The monoisotopic (exact) mass is 253 g/mol. The third kappa shape index (κ3) is 2.40. The number of rotatable bonds is 3. The quantitative estimate of drug-likeness (QED) is 0.751. The summed E-state index contributed by atoms with van der Waals surface area (Å²) in [5.74, 6) is 0. The highest BCUT2D eigenvalue weighted by Crippen LogP contribution is 2.34. The third-order valence-electron chi connectivity index (χ3n) is 3.27. The van der Waals surface area contributed by atoms with Gasteiger partial charge >= 0.3 is 0 Å². The van der Waals surface area contributed by atoms with Gasteiger partial charge in [0.1, 0.15) is 0 Å². The first kappa shape index (κ1) is 13.1. The molecule has 0 aliphatic carbocycles. The summed E-state index contributed by atoms with van der Waals surface area (Å²) in [5.41, 5.74) is 4.56. The van der Waals surface area contributed by atoms with Crippen LogP contribution < -0.4 is 0 Å². The van der Waals surface area contributed by atoms with Crippen molar-refractivity contribution in [1.82, 2.24) is 0 Å². The molecule has 18 heavy (non-hydrogen) atoms. The van der Waals surface area contributed by atoms with Gasteiger partial charge in [0.05, 0.1) is 5.60 Å². The maximum atomic E-state index is 5.43. The molecule has 0 bridgehead atoms. The van der Waals surface area contributed by atoms with Crippen molar-refractivity contribution in [2.24, 2.45) is 0 Å². The highest BCUT2D eigenvalue weighted by atomic mass is 28.2. The summed E-state index contributed by atoms with van der Waals surface area (Å²) in [7, 11) is 3.18. The van der Waals surface area contributed by atoms with E-state index in [0.29, 0.717) is 0 Å². The Morgan fingerprint density at radius 2 is 1.44 bits per heavy atom. The Bertz CT molecular complexity index is 546. The molecule has 0 aliphatic heterocycles. The van der Waals surface area contributed by atoms with E-state index in [9.17, 15) is 0 Å². The molecule has 0 unspecified atom stereocenters. The van der Waals surface area contributed by atoms with Crippen LogP contribution in [0, 0.1) is 6.92 Å². The first-order chi connectivity index (χ1) is 8.56. The molecule has 2 heteroatoms. The second-order valence-corrected chi connectivity index (χ2v) is 5.18. The molecule has 2 rings (SSSR count). The Morgan fingerprint density at radius 3 is 2.06 bits per heavy atom. The summed E-state index contributed by atoms with van der Waals surface area (Å²) in [6.45, 7) is 6.24. The first-order valence-electron chi connectivity index (χ1n) is 6.06. The Kier molecular flexibility index (Phi) is 3.69. The SMILES string of the molecule is Cc1ccccc1-c1ccccc1C(C)(C)O[Si]. The maximum absolute atomic E-state index is 5.43. The van der Waals surface area contributed by atoms with E-state index < -0.39 is 0 Å². The average molecular weight is 253 g/mol. The summed E-state index contributed by atoms with van der Waals surface area (Å²) in [6, 6.07) is 16.8. The Balaban J connectivity index is 2.63. The fourth-order valence-electron chi connectivity index (χ4n) is 2.17. The number of aryl methyl sites for hydroxylation is 1. The highest BCUT2D eigenvalue weighted by molar-refractivity contribution is 5.98. The lowest BCUT2D eigenvalue weighted by molar-refractivity contribution is 0.124. The molecule has 0 aromatic heterocycles. The van der Waals surface area contributed by atoms with Gasteiger partial charge in [0.15, 0.2) is 0 Å². The molecule has 3 radical (unpaired) electrons. The van der Waals surface area contributed by atoms with Crippen LogP contribution in [0.15, 0.2) is 48.5 Å². The van der Waals surface area contributed by atoms with E-state index in [2.05, 4.69) is 73.7 Å². The van der Waals surface area contributed by atoms with Crippen molar-refractivity contribution in [3.63, 3.8) is 0 Å². The zero-order valence-corrected chi connectivity index (χ0v) is 12.0. The molecule has 0 atom stereocenters. The smallest absolute Gasteiger partial charge is 0.247 e. The highest BCUT2D eigenvalue weighted by Gasteiger charge is 2.23. The Labute approximate surface area is 112 Å². The molecule has 0 saturated heterocycles. The molecule has 91 valence electrons. The van der Waals surface area contributed by atoms with Crippen LogP contribution in [0.25, 0.3) is 11.1 Å². The molecule has 0 spiro atoms. The van der Waals surface area contributed by atoms with E-state index in [1.165, 1.54) is 22.3 Å². The largest absolute Gasteiger partial charge is 0.410 e. The van der Waals surface area contributed by atoms with Crippen LogP contribution >= 0.6 is 0 Å². The van der Waals surface area contributed by atoms with E-state index in [4.69, 9.17) is 4.43 Å². The van der Waals surface area contributed by atoms with Gasteiger partial charge in [0, 0.05) is 0 Å². The molecular formula is C16H17OSi. The van der Waals surface area contributed by atoms with E-state index >= 15 is 0 Å². The summed E-state index contributed by atoms with van der Waals surface area (Å²) in [5, 5.41) is 0. The van der Waals surface area contributed by atoms with Crippen molar-refractivity contribution in [1.29, 1.82) is 0 Å². The lowest BCUT2D eigenvalue weighted by Gasteiger charge is -2.27. The van der Waals surface area contributed by atoms with Crippen LogP contribution in [-0.4, -0.2) is 10.5 Å². The van der Waals surface area contributed by atoms with Crippen LogP contribution in [0.1, 0.15) is 25.0 Å². The second-order valence-electron chi connectivity index (χ2n) is 4.97. The molecular weight excluding hydrogens is 236 g/mol. The van der Waals surface area contributed by atoms with Crippen LogP contribution in [-0.2, 0) is 10.0 Å². The van der Waals surface area contributed by atoms with Crippen LogP contribution in [0.4, 0.5) is 0 Å². The Hall–Kier alpha value is -1.38. The number of benzene rings is 2. The molecule has 1 nitrogen and oxygen atoms in total. The lowest BCUT2D eigenvalue weighted by atomic mass is 9.88. The zero-order chi connectivity index (χ0) is 13.2. The molecule has 0 saturated carbocycles. The van der Waals surface area contributed by atoms with E-state index in [1.54, 1.807) is 0 Å². The molecule has 2 aromatic rings. The average Bonchev–Trinajstić information content (AvgIpc) is 2.39. The van der Waals surface area contributed by atoms with E-state index in [0.717, 1.165) is 0 Å². The fraction of sp³-hybridized carbons (Fsp3) is 0.250. The van der Waals surface area contributed by atoms with Crippen molar-refractivity contribution in [3.05, 3.63) is 59.7 Å². The van der Waals surface area contributed by atoms with E-state index in [-0.39, 0.29) is 5.60 Å². The van der Waals surface area contributed by atoms with Gasteiger partial charge in [-0.1, -0.05) is 48.5 Å². The van der Waals surface area contributed by atoms with Gasteiger partial charge in [0.25, 0.3) is 0 Å². The normalized spacial score (nSPS) is 11.6. The van der Waals surface area contributed by atoms with Gasteiger partial charge in [-0.25, -0.2) is 0 Å². The fourth-order valence-corrected chi connectivity index (χ4v) is 2.28. The van der Waals surface area contributed by atoms with Crippen LogP contribution in [0.3, 0.4) is 0 Å². The predicted octanol–water partition coefficient (Wildman–Crippen LogP) is 4.00. The van der Waals surface area contributed by atoms with Crippen LogP contribution in [0.5, 0.6) is 0 Å². The van der Waals surface area contributed by atoms with E-state index in [1.807, 2.05) is 6.07 Å². The molecule has 0 aliphatic rings. The van der Waals surface area contributed by atoms with Gasteiger partial charge in [0.2, 0.25) is 10.5 Å². The molecule has 0 fully saturated rings. The predicted molar refractivity (Wildman–Crippen MR) is 76.5 cm³/mol. The van der Waals surface area contributed by atoms with Gasteiger partial charge in [-0.05, 0) is 43.0 Å². The zero-order valence-electron chi connectivity index (χ0n) is 11.0. The van der Waals surface area contributed by atoms with Gasteiger partial charge in [-0.3, -0.25) is 0 Å². The maximum Gasteiger partial charge on any atom is 0.247 e. The Morgan fingerprint density at radius 1 is 0.889 bits per heavy atom. The summed E-state index contributed by atoms with van der Waals surface area (Å²) >= 11 is 0. The summed E-state index contributed by atoms with van der Waals surface area (Å²) in [4.78, 5) is 0. The van der Waals surface area contributed by atoms with Crippen molar-refractivity contribution in [2.45, 2.75) is 26.4 Å². The van der Waals surface area contributed by atoms with Crippen molar-refractivity contribution in [2.75, 3.05) is 0 Å². The van der Waals surface area contributed by atoms with Crippen molar-refractivity contribution in [3.8, 4) is 11.1 Å². The second kappa shape index (κ2) is 5.08. The third-order valence-corrected chi connectivity index (χ3v) is 3.78. The minimum absolute atomic E-state index is 0.365. The molecule has 0 N–H and O–H groups in total. The van der Waals surface area contributed by atoms with Crippen molar-refractivity contribution >= 4 is 10.5 Å². The van der Waals surface area contributed by atoms with Gasteiger partial charge in [-0.15, -0.1) is 0 Å². The van der Waals surface area contributed by atoms with Gasteiger partial charge < -0.3 is 4.43 Å². The molecule has 0 amide bonds. The topological polar surface area (TPSA) is 9.23 Å². The van der Waals surface area contributed by atoms with Crippen LogP contribution in [0.2, 0.25) is 0 Å². The number of hydrogen-bond acceptors (Lipinski definition) is 1.